The Morgan fingerprint density at radius 1 is 1.33 bits per heavy atom. The van der Waals surface area contributed by atoms with Gasteiger partial charge in [-0.3, -0.25) is 4.90 Å². The van der Waals surface area contributed by atoms with Gasteiger partial charge in [0.1, 0.15) is 0 Å². The molecule has 1 aliphatic carbocycles. The zero-order valence-corrected chi connectivity index (χ0v) is 14.8. The number of hydrogen-bond acceptors (Lipinski definition) is 1. The Morgan fingerprint density at radius 3 is 3.00 bits per heavy atom. The maximum absolute atomic E-state index is 3.64. The Labute approximate surface area is 142 Å². The lowest BCUT2D eigenvalue weighted by molar-refractivity contribution is -0.00000395. The third-order valence-electron chi connectivity index (χ3n) is 4.96. The van der Waals surface area contributed by atoms with Crippen LogP contribution in [-0.4, -0.2) is 22.6 Å². The minimum atomic E-state index is 0. The van der Waals surface area contributed by atoms with Crippen LogP contribution >= 0.6 is 15.9 Å². The normalized spacial score (nSPS) is 21.1. The number of aryl methyl sites for hydroxylation is 1. The lowest BCUT2D eigenvalue weighted by Crippen LogP contribution is -3.00. The molecule has 1 unspecified atom stereocenters. The highest BCUT2D eigenvalue weighted by Crippen LogP contribution is 2.42. The van der Waals surface area contributed by atoms with E-state index in [1.54, 1.807) is 11.3 Å². The molecule has 0 saturated heterocycles. The minimum absolute atomic E-state index is 0. The topological polar surface area (TPSA) is 8.17 Å². The molecule has 4 rings (SSSR count). The van der Waals surface area contributed by atoms with Gasteiger partial charge < -0.3 is 17.0 Å². The average molecular weight is 370 g/mol. The number of aromatic nitrogens is 1. The fraction of sp³-hybridized carbons (Fsp3) is 0.529. The van der Waals surface area contributed by atoms with Crippen LogP contribution < -0.4 is 12.4 Å². The Hall–Kier alpha value is -0.510. The van der Waals surface area contributed by atoms with Crippen molar-refractivity contribution >= 4 is 26.8 Å². The van der Waals surface area contributed by atoms with Gasteiger partial charge in [0.15, 0.2) is 0 Å². The van der Waals surface area contributed by atoms with Gasteiger partial charge in [0.05, 0.1) is 6.04 Å². The minimum Gasteiger partial charge on any atom is -1.00 e. The molecule has 0 spiro atoms. The van der Waals surface area contributed by atoms with Crippen LogP contribution in [0, 0.1) is 0 Å². The molecule has 2 aliphatic rings. The Balaban J connectivity index is 0.000000882. The molecular formula is C17H22BrClN2. The van der Waals surface area contributed by atoms with Crippen LogP contribution in [0.25, 0.3) is 10.9 Å². The van der Waals surface area contributed by atoms with Gasteiger partial charge in [-0.25, -0.2) is 0 Å². The zero-order valence-electron chi connectivity index (χ0n) is 13.4. The van der Waals surface area contributed by atoms with Gasteiger partial charge in [-0.2, -0.15) is 0 Å². The molecule has 1 aliphatic heterocycles. The number of rotatable bonds is 2. The van der Waals surface area contributed by atoms with Gasteiger partial charge in [-0.05, 0) is 56.0 Å². The Bertz CT molecular complexity index is 670. The Kier molecular flexibility index (Phi) is 4.35. The summed E-state index contributed by atoms with van der Waals surface area (Å²) in [6.07, 6.45) is 5.19. The smallest absolute Gasteiger partial charge is 1.00 e. The average Bonchev–Trinajstić information content (AvgIpc) is 2.78. The second-order valence-corrected chi connectivity index (χ2v) is 7.04. The first kappa shape index (κ1) is 15.4. The third kappa shape index (κ3) is 2.34. The summed E-state index contributed by atoms with van der Waals surface area (Å²) in [5.41, 5.74) is 4.70. The van der Waals surface area contributed by atoms with Crippen LogP contribution in [0.3, 0.4) is 0 Å². The van der Waals surface area contributed by atoms with Crippen LogP contribution in [0.4, 0.5) is 0 Å². The number of halogens is 2. The lowest BCUT2D eigenvalue weighted by atomic mass is 9.89. The summed E-state index contributed by atoms with van der Waals surface area (Å²) >= 11 is 3.64. The predicted octanol–water partition coefficient (Wildman–Crippen LogP) is 1.62. The number of nitrogens with zero attached hydrogens (tertiary/aromatic N) is 2. The molecule has 2 nitrogen and oxygen atoms in total. The first-order chi connectivity index (χ1) is 9.79. The van der Waals surface area contributed by atoms with E-state index >= 15 is 0 Å². The molecule has 114 valence electrons. The standard InChI is InChI=1S/C17H21BrN2.ClH/c1-2-8-19-9-10-20-15-7-6-12(18)11-14(15)13-4-3-5-16(19)17(13)20;/h6-7,11,16H,2-5,8-10H2,1H3;1H. The van der Waals surface area contributed by atoms with Crippen molar-refractivity contribution in [2.75, 3.05) is 13.1 Å². The van der Waals surface area contributed by atoms with E-state index in [1.807, 2.05) is 0 Å². The first-order valence-corrected chi connectivity index (χ1v) is 8.63. The zero-order chi connectivity index (χ0) is 13.7. The van der Waals surface area contributed by atoms with Crippen LogP contribution in [0.2, 0.25) is 0 Å². The van der Waals surface area contributed by atoms with E-state index < -0.39 is 0 Å². The predicted molar refractivity (Wildman–Crippen MR) is 88.3 cm³/mol. The first-order valence-electron chi connectivity index (χ1n) is 7.84. The van der Waals surface area contributed by atoms with Gasteiger partial charge in [-0.15, -0.1) is 0 Å². The molecule has 0 fully saturated rings. The summed E-state index contributed by atoms with van der Waals surface area (Å²) in [4.78, 5) is 2.71. The van der Waals surface area contributed by atoms with Crippen molar-refractivity contribution in [3.05, 3.63) is 33.9 Å². The van der Waals surface area contributed by atoms with Crippen LogP contribution in [0.5, 0.6) is 0 Å². The molecule has 2 aromatic rings. The molecule has 0 radical (unpaired) electrons. The largest absolute Gasteiger partial charge is 1.00 e. The molecule has 1 aromatic heterocycles. The Morgan fingerprint density at radius 2 is 2.19 bits per heavy atom. The van der Waals surface area contributed by atoms with Crippen molar-refractivity contribution < 1.29 is 13.8 Å². The summed E-state index contributed by atoms with van der Waals surface area (Å²) in [7, 11) is 0. The molecule has 21 heavy (non-hydrogen) atoms. The SMILES string of the molecule is CCCN1CCn2c3c(c4cc(Br)ccc42)CCCC31.[Cl-].[H+]. The molecule has 0 amide bonds. The summed E-state index contributed by atoms with van der Waals surface area (Å²) < 4.78 is 3.81. The lowest BCUT2D eigenvalue weighted by Gasteiger charge is -2.39. The monoisotopic (exact) mass is 368 g/mol. The summed E-state index contributed by atoms with van der Waals surface area (Å²) in [6, 6.07) is 7.47. The van der Waals surface area contributed by atoms with E-state index in [-0.39, 0.29) is 13.8 Å². The van der Waals surface area contributed by atoms with Gasteiger partial charge in [0.25, 0.3) is 0 Å². The maximum Gasteiger partial charge on any atom is 1.00 e. The molecule has 0 saturated carbocycles. The molecule has 0 bridgehead atoms. The summed E-state index contributed by atoms with van der Waals surface area (Å²) in [5, 5.41) is 1.48. The molecule has 1 aromatic carbocycles. The van der Waals surface area contributed by atoms with Crippen molar-refractivity contribution in [3.63, 3.8) is 0 Å². The van der Waals surface area contributed by atoms with Gasteiger partial charge in [0, 0.05) is 34.2 Å². The molecule has 0 N–H and O–H groups in total. The van der Waals surface area contributed by atoms with E-state index in [0.29, 0.717) is 6.04 Å². The van der Waals surface area contributed by atoms with E-state index in [9.17, 15) is 0 Å². The highest BCUT2D eigenvalue weighted by Gasteiger charge is 2.34. The number of fused-ring (bicyclic) bond motifs is 3. The second kappa shape index (κ2) is 5.94. The van der Waals surface area contributed by atoms with Crippen molar-refractivity contribution in [1.82, 2.24) is 9.47 Å². The van der Waals surface area contributed by atoms with Crippen molar-refractivity contribution in [3.8, 4) is 0 Å². The van der Waals surface area contributed by atoms with E-state index in [2.05, 4.69) is 50.5 Å². The quantitative estimate of drug-likeness (QED) is 0.781. The number of hydrogen-bond donors (Lipinski definition) is 0. The van der Waals surface area contributed by atoms with E-state index in [4.69, 9.17) is 0 Å². The highest BCUT2D eigenvalue weighted by atomic mass is 79.9. The summed E-state index contributed by atoms with van der Waals surface area (Å²) in [6.45, 7) is 5.91. The van der Waals surface area contributed by atoms with Crippen molar-refractivity contribution in [1.29, 1.82) is 0 Å². The number of benzene rings is 1. The van der Waals surface area contributed by atoms with Crippen molar-refractivity contribution in [2.45, 2.75) is 45.2 Å². The van der Waals surface area contributed by atoms with Crippen LogP contribution in [0.1, 0.15) is 44.9 Å². The fourth-order valence-electron chi connectivity index (χ4n) is 4.20. The van der Waals surface area contributed by atoms with Crippen molar-refractivity contribution in [2.24, 2.45) is 0 Å². The molecular weight excluding hydrogens is 348 g/mol. The maximum atomic E-state index is 3.64. The molecule has 4 heteroatoms. The highest BCUT2D eigenvalue weighted by molar-refractivity contribution is 9.10. The van der Waals surface area contributed by atoms with E-state index in [1.165, 1.54) is 54.1 Å². The van der Waals surface area contributed by atoms with Gasteiger partial charge in [-0.1, -0.05) is 22.9 Å². The molecule has 1 atom stereocenters. The van der Waals surface area contributed by atoms with E-state index in [0.717, 1.165) is 6.54 Å². The molecule has 2 heterocycles. The van der Waals surface area contributed by atoms with Gasteiger partial charge in [0.2, 0.25) is 0 Å². The van der Waals surface area contributed by atoms with Crippen LogP contribution in [-0.2, 0) is 13.0 Å². The second-order valence-electron chi connectivity index (χ2n) is 6.12. The third-order valence-corrected chi connectivity index (χ3v) is 5.45. The summed E-state index contributed by atoms with van der Waals surface area (Å²) in [5.74, 6) is 0. The van der Waals surface area contributed by atoms with Gasteiger partial charge >= 0.3 is 1.43 Å². The van der Waals surface area contributed by atoms with Crippen LogP contribution in [0.15, 0.2) is 22.7 Å². The fourth-order valence-corrected chi connectivity index (χ4v) is 4.57.